The Morgan fingerprint density at radius 2 is 1.80 bits per heavy atom. The quantitative estimate of drug-likeness (QED) is 0.370. The van der Waals surface area contributed by atoms with Crippen LogP contribution in [-0.2, 0) is 14.3 Å². The van der Waals surface area contributed by atoms with Crippen LogP contribution in [0.1, 0.15) is 91.7 Å². The van der Waals surface area contributed by atoms with Gasteiger partial charge in [0.05, 0.1) is 0 Å². The van der Waals surface area contributed by atoms with Crippen LogP contribution in [0.5, 0.6) is 5.75 Å². The monoisotopic (exact) mass is 489 g/mol. The van der Waals surface area contributed by atoms with Crippen molar-refractivity contribution in [1.82, 2.24) is 15.5 Å². The van der Waals surface area contributed by atoms with Gasteiger partial charge in [0, 0.05) is 18.2 Å². The molecule has 0 radical (unpaired) electrons. The van der Waals surface area contributed by atoms with Crippen LogP contribution in [0, 0.1) is 5.92 Å². The molecular formula is C27H43N3O5. The second-order valence-corrected chi connectivity index (χ2v) is 10.4. The molecule has 3 atom stereocenters. The van der Waals surface area contributed by atoms with Crippen LogP contribution < -0.4 is 10.6 Å². The zero-order valence-electron chi connectivity index (χ0n) is 22.1. The van der Waals surface area contributed by atoms with Gasteiger partial charge in [-0.25, -0.2) is 4.79 Å². The molecule has 0 aromatic heterocycles. The molecule has 1 aromatic rings. The maximum atomic E-state index is 14.0. The van der Waals surface area contributed by atoms with Gasteiger partial charge in [-0.05, 0) is 52.0 Å². The SMILES string of the molecule is CCCCCNC(=O)C(c1ccccc1O)N(C(=O)C(NC(=O)OC(C)(C)C)C(C)CC)C1CC1. The van der Waals surface area contributed by atoms with E-state index in [1.807, 2.05) is 13.8 Å². The van der Waals surface area contributed by atoms with Crippen molar-refractivity contribution in [2.75, 3.05) is 6.54 Å². The predicted octanol–water partition coefficient (Wildman–Crippen LogP) is 4.67. The molecule has 1 aromatic carbocycles. The molecule has 35 heavy (non-hydrogen) atoms. The fourth-order valence-electron chi connectivity index (χ4n) is 3.97. The number of alkyl carbamates (subject to hydrolysis) is 1. The van der Waals surface area contributed by atoms with Crippen molar-refractivity contribution < 1.29 is 24.2 Å². The minimum atomic E-state index is -0.996. The first-order valence-corrected chi connectivity index (χ1v) is 12.9. The molecular weight excluding hydrogens is 446 g/mol. The van der Waals surface area contributed by atoms with Crippen molar-refractivity contribution in [3.05, 3.63) is 29.8 Å². The van der Waals surface area contributed by atoms with E-state index in [0.717, 1.165) is 32.1 Å². The van der Waals surface area contributed by atoms with Crippen molar-refractivity contribution in [1.29, 1.82) is 0 Å². The second-order valence-electron chi connectivity index (χ2n) is 10.4. The molecule has 1 aliphatic rings. The Hall–Kier alpha value is -2.77. The van der Waals surface area contributed by atoms with Gasteiger partial charge >= 0.3 is 6.09 Å². The summed E-state index contributed by atoms with van der Waals surface area (Å²) in [6.07, 6.45) is 4.35. The number of carbonyl (C=O) groups excluding carboxylic acids is 3. The van der Waals surface area contributed by atoms with E-state index in [1.165, 1.54) is 6.07 Å². The molecule has 8 nitrogen and oxygen atoms in total. The number of carbonyl (C=O) groups is 3. The number of amides is 3. The van der Waals surface area contributed by atoms with E-state index in [4.69, 9.17) is 4.74 Å². The summed E-state index contributed by atoms with van der Waals surface area (Å²) < 4.78 is 5.42. The summed E-state index contributed by atoms with van der Waals surface area (Å²) >= 11 is 0. The van der Waals surface area contributed by atoms with Gasteiger partial charge < -0.3 is 25.4 Å². The summed E-state index contributed by atoms with van der Waals surface area (Å²) in [7, 11) is 0. The summed E-state index contributed by atoms with van der Waals surface area (Å²) in [4.78, 5) is 41.7. The molecule has 8 heteroatoms. The first kappa shape index (κ1) is 28.5. The topological polar surface area (TPSA) is 108 Å². The lowest BCUT2D eigenvalue weighted by Gasteiger charge is -2.36. The number of aromatic hydroxyl groups is 1. The average Bonchev–Trinajstić information content (AvgIpc) is 3.62. The smallest absolute Gasteiger partial charge is 0.408 e. The highest BCUT2D eigenvalue weighted by Gasteiger charge is 2.45. The standard InChI is InChI=1S/C27H43N3O5/c1-7-9-12-17-28-24(32)23(20-13-10-11-14-21(20)31)30(19-15-16-19)25(33)22(18(3)8-2)29-26(34)35-27(4,5)6/h10-11,13-14,18-19,22-23,31H,7-9,12,15-17H2,1-6H3,(H,28,32)(H,29,34). The van der Waals surface area contributed by atoms with Crippen LogP contribution in [0.2, 0.25) is 0 Å². The summed E-state index contributed by atoms with van der Waals surface area (Å²) in [5.41, 5.74) is -0.332. The van der Waals surface area contributed by atoms with E-state index in [1.54, 1.807) is 43.9 Å². The van der Waals surface area contributed by atoms with Crippen molar-refractivity contribution in [2.24, 2.45) is 5.92 Å². The molecule has 3 unspecified atom stereocenters. The fraction of sp³-hybridized carbons (Fsp3) is 0.667. The van der Waals surface area contributed by atoms with Gasteiger partial charge in [0.15, 0.2) is 0 Å². The first-order valence-electron chi connectivity index (χ1n) is 12.9. The molecule has 0 saturated heterocycles. The third kappa shape index (κ3) is 8.44. The van der Waals surface area contributed by atoms with E-state index < -0.39 is 23.8 Å². The van der Waals surface area contributed by atoms with Crippen LogP contribution in [-0.4, -0.2) is 52.1 Å². The van der Waals surface area contributed by atoms with E-state index >= 15 is 0 Å². The van der Waals surface area contributed by atoms with Gasteiger partial charge in [0.1, 0.15) is 23.4 Å². The average molecular weight is 490 g/mol. The molecule has 1 saturated carbocycles. The van der Waals surface area contributed by atoms with Crippen LogP contribution in [0.15, 0.2) is 24.3 Å². The number of hydrogen-bond donors (Lipinski definition) is 3. The van der Waals surface area contributed by atoms with Crippen LogP contribution in [0.25, 0.3) is 0 Å². The number of phenolic OH excluding ortho intramolecular Hbond substituents is 1. The molecule has 0 bridgehead atoms. The Bertz CT molecular complexity index is 863. The maximum absolute atomic E-state index is 14.0. The van der Waals surface area contributed by atoms with E-state index in [-0.39, 0.29) is 29.5 Å². The van der Waals surface area contributed by atoms with Crippen LogP contribution >= 0.6 is 0 Å². The first-order chi connectivity index (χ1) is 16.5. The second kappa shape index (κ2) is 12.8. The number of unbranched alkanes of at least 4 members (excludes halogenated alkanes) is 2. The van der Waals surface area contributed by atoms with Gasteiger partial charge in [0.25, 0.3) is 0 Å². The zero-order chi connectivity index (χ0) is 26.2. The number of rotatable bonds is 12. The zero-order valence-corrected chi connectivity index (χ0v) is 22.1. The lowest BCUT2D eigenvalue weighted by molar-refractivity contribution is -0.144. The highest BCUT2D eigenvalue weighted by molar-refractivity contribution is 5.93. The van der Waals surface area contributed by atoms with Crippen molar-refractivity contribution in [3.8, 4) is 5.75 Å². The van der Waals surface area contributed by atoms with Gasteiger partial charge in [-0.1, -0.05) is 58.2 Å². The summed E-state index contributed by atoms with van der Waals surface area (Å²) in [5, 5.41) is 16.4. The van der Waals surface area contributed by atoms with Crippen molar-refractivity contribution in [2.45, 2.75) is 104 Å². The minimum absolute atomic E-state index is 0.0418. The molecule has 196 valence electrons. The predicted molar refractivity (Wildman–Crippen MR) is 136 cm³/mol. The van der Waals surface area contributed by atoms with Gasteiger partial charge in [0.2, 0.25) is 11.8 Å². The Morgan fingerprint density at radius 1 is 1.14 bits per heavy atom. The molecule has 1 aliphatic carbocycles. The number of nitrogens with one attached hydrogen (secondary N) is 2. The molecule has 3 N–H and O–H groups in total. The number of ether oxygens (including phenoxy) is 1. The number of hydrogen-bond acceptors (Lipinski definition) is 5. The maximum Gasteiger partial charge on any atom is 0.408 e. The number of phenols is 1. The lowest BCUT2D eigenvalue weighted by atomic mass is 9.95. The largest absolute Gasteiger partial charge is 0.508 e. The normalized spacial score (nSPS) is 16.1. The summed E-state index contributed by atoms with van der Waals surface area (Å²) in [6.45, 7) is 11.7. The Balaban J connectivity index is 2.41. The third-order valence-corrected chi connectivity index (χ3v) is 6.18. The van der Waals surface area contributed by atoms with E-state index in [9.17, 15) is 19.5 Å². The number of nitrogens with zero attached hydrogens (tertiary/aromatic N) is 1. The van der Waals surface area contributed by atoms with Gasteiger partial charge in [-0.15, -0.1) is 0 Å². The summed E-state index contributed by atoms with van der Waals surface area (Å²) in [6, 6.07) is 4.63. The molecule has 2 rings (SSSR count). The van der Waals surface area contributed by atoms with Crippen LogP contribution in [0.4, 0.5) is 4.79 Å². The van der Waals surface area contributed by atoms with Crippen molar-refractivity contribution >= 4 is 17.9 Å². The Kier molecular flexibility index (Phi) is 10.4. The van der Waals surface area contributed by atoms with Gasteiger partial charge in [-0.3, -0.25) is 9.59 Å². The lowest BCUT2D eigenvalue weighted by Crippen LogP contribution is -2.55. The highest BCUT2D eigenvalue weighted by Crippen LogP contribution is 2.38. The Labute approximate surface area is 209 Å². The Morgan fingerprint density at radius 3 is 2.34 bits per heavy atom. The van der Waals surface area contributed by atoms with Gasteiger partial charge in [-0.2, -0.15) is 0 Å². The molecule has 0 aliphatic heterocycles. The number of para-hydroxylation sites is 1. The van der Waals surface area contributed by atoms with E-state index in [0.29, 0.717) is 18.5 Å². The number of benzene rings is 1. The highest BCUT2D eigenvalue weighted by atomic mass is 16.6. The van der Waals surface area contributed by atoms with Crippen molar-refractivity contribution in [3.63, 3.8) is 0 Å². The molecule has 3 amide bonds. The third-order valence-electron chi connectivity index (χ3n) is 6.18. The molecule has 1 fully saturated rings. The minimum Gasteiger partial charge on any atom is -0.508 e. The fourth-order valence-corrected chi connectivity index (χ4v) is 3.97. The molecule has 0 heterocycles. The molecule has 0 spiro atoms. The summed E-state index contributed by atoms with van der Waals surface area (Å²) in [5.74, 6) is -0.901. The van der Waals surface area contributed by atoms with E-state index in [2.05, 4.69) is 17.6 Å². The van der Waals surface area contributed by atoms with Crippen LogP contribution in [0.3, 0.4) is 0 Å².